The Morgan fingerprint density at radius 1 is 1.04 bits per heavy atom. The highest BCUT2D eigenvalue weighted by molar-refractivity contribution is 7.91. The average molecular weight is 715 g/mol. The molecular weight excluding hydrogens is 686 g/mol. The average Bonchev–Trinajstić information content (AvgIpc) is 3.55. The molecule has 0 bridgehead atoms. The summed E-state index contributed by atoms with van der Waals surface area (Å²) in [5.74, 6) is 0.151. The van der Waals surface area contributed by atoms with Crippen LogP contribution in [0, 0.1) is 5.41 Å². The largest absolute Gasteiger partial charge is 0.486 e. The quantitative estimate of drug-likeness (QED) is 0.201. The molecule has 0 radical (unpaired) electrons. The second-order valence-electron chi connectivity index (χ2n) is 11.6. The molecule has 1 saturated heterocycles. The fourth-order valence-corrected chi connectivity index (χ4v) is 8.35. The van der Waals surface area contributed by atoms with Crippen LogP contribution in [0.5, 0.6) is 5.75 Å². The SMILES string of the molecule is CC1(COc2c(N3CCN(S(=O)(=O)c4ccc(Cc5ncc(C(F)(F)F)cc5Cl)s4)CC3)cnn(-c3cccc(Cl)c3)c2=O)CC1. The van der Waals surface area contributed by atoms with Gasteiger partial charge in [-0.25, -0.2) is 8.42 Å². The number of hydrogen-bond donors (Lipinski definition) is 0. The lowest BCUT2D eigenvalue weighted by Crippen LogP contribution is -2.49. The zero-order valence-electron chi connectivity index (χ0n) is 24.4. The number of aromatic nitrogens is 3. The second-order valence-corrected chi connectivity index (χ2v) is 15.8. The molecule has 244 valence electrons. The van der Waals surface area contributed by atoms with E-state index in [9.17, 15) is 26.4 Å². The highest BCUT2D eigenvalue weighted by Gasteiger charge is 2.39. The van der Waals surface area contributed by atoms with Gasteiger partial charge in [0, 0.05) is 54.1 Å². The fourth-order valence-electron chi connectivity index (χ4n) is 4.99. The maximum Gasteiger partial charge on any atom is 0.417 e. The van der Waals surface area contributed by atoms with Crippen molar-refractivity contribution >= 4 is 50.2 Å². The van der Waals surface area contributed by atoms with Crippen LogP contribution in [0.1, 0.15) is 35.9 Å². The number of anilines is 1. The summed E-state index contributed by atoms with van der Waals surface area (Å²) in [6.45, 7) is 3.35. The third-order valence-corrected chi connectivity index (χ3v) is 12.0. The Morgan fingerprint density at radius 2 is 1.78 bits per heavy atom. The number of sulfonamides is 1. The van der Waals surface area contributed by atoms with Crippen molar-refractivity contribution in [2.24, 2.45) is 5.41 Å². The van der Waals surface area contributed by atoms with Gasteiger partial charge in [-0.1, -0.05) is 36.2 Å². The zero-order chi connectivity index (χ0) is 32.9. The number of benzene rings is 1. The number of ether oxygens (including phenoxy) is 1. The predicted octanol–water partition coefficient (Wildman–Crippen LogP) is 6.30. The third kappa shape index (κ3) is 6.91. The molecule has 4 aromatic rings. The van der Waals surface area contributed by atoms with Crippen LogP contribution in [0.15, 0.2) is 63.9 Å². The standard InChI is InChI=1S/C30H28Cl2F3N5O4S2/c1-29(7-8-29)18-44-27-25(17-37-40(28(27)41)21-4-2-3-20(31)14-21)38-9-11-39(12-10-38)46(42,43)26-6-5-22(45-26)15-24-23(32)13-19(16-36-24)30(33,34)35/h2-6,13-14,16-17H,7-12,15,18H2,1H3. The summed E-state index contributed by atoms with van der Waals surface area (Å²) in [6, 6.07) is 10.7. The van der Waals surface area contributed by atoms with Crippen molar-refractivity contribution in [3.05, 3.63) is 91.4 Å². The molecule has 9 nitrogen and oxygen atoms in total. The fraction of sp³-hybridized carbons (Fsp3) is 0.367. The molecule has 0 atom stereocenters. The summed E-state index contributed by atoms with van der Waals surface area (Å²) >= 11 is 13.2. The highest BCUT2D eigenvalue weighted by atomic mass is 35.5. The maximum atomic E-state index is 13.6. The first-order valence-electron chi connectivity index (χ1n) is 14.3. The van der Waals surface area contributed by atoms with Gasteiger partial charge in [-0.2, -0.15) is 27.3 Å². The molecule has 3 aromatic heterocycles. The molecule has 4 heterocycles. The molecule has 1 aliphatic heterocycles. The Labute approximate surface area is 277 Å². The lowest BCUT2D eigenvalue weighted by atomic mass is 10.2. The van der Waals surface area contributed by atoms with Gasteiger partial charge >= 0.3 is 11.7 Å². The van der Waals surface area contributed by atoms with Gasteiger partial charge in [0.05, 0.1) is 34.8 Å². The molecule has 6 rings (SSSR count). The Balaban J connectivity index is 1.17. The number of rotatable bonds is 9. The van der Waals surface area contributed by atoms with E-state index in [2.05, 4.69) is 17.0 Å². The molecule has 0 unspecified atom stereocenters. The van der Waals surface area contributed by atoms with E-state index >= 15 is 0 Å². The number of pyridine rings is 1. The van der Waals surface area contributed by atoms with Crippen LogP contribution < -0.4 is 15.2 Å². The van der Waals surface area contributed by atoms with E-state index in [1.165, 1.54) is 15.1 Å². The van der Waals surface area contributed by atoms with Crippen molar-refractivity contribution in [2.45, 2.75) is 36.6 Å². The van der Waals surface area contributed by atoms with Crippen LogP contribution in [-0.4, -0.2) is 60.3 Å². The first-order valence-corrected chi connectivity index (χ1v) is 17.3. The lowest BCUT2D eigenvalue weighted by Gasteiger charge is -2.35. The number of nitrogens with zero attached hydrogens (tertiary/aromatic N) is 5. The molecule has 2 aliphatic rings. The smallest absolute Gasteiger partial charge is 0.417 e. The monoisotopic (exact) mass is 713 g/mol. The van der Waals surface area contributed by atoms with Gasteiger partial charge in [0.15, 0.2) is 0 Å². The van der Waals surface area contributed by atoms with Crippen LogP contribution in [0.2, 0.25) is 10.0 Å². The Hall–Kier alpha value is -3.17. The number of alkyl halides is 3. The molecule has 0 spiro atoms. The first-order chi connectivity index (χ1) is 21.7. The molecule has 2 fully saturated rings. The van der Waals surface area contributed by atoms with Crippen LogP contribution in [-0.2, 0) is 22.6 Å². The first kappa shape index (κ1) is 32.8. The number of halogens is 5. The molecule has 46 heavy (non-hydrogen) atoms. The summed E-state index contributed by atoms with van der Waals surface area (Å²) < 4.78 is 74.8. The number of thiophene rings is 1. The van der Waals surface area contributed by atoms with Crippen molar-refractivity contribution in [2.75, 3.05) is 37.7 Å². The van der Waals surface area contributed by atoms with E-state index in [1.54, 1.807) is 36.5 Å². The minimum absolute atomic E-state index is 0.00805. The van der Waals surface area contributed by atoms with E-state index in [-0.39, 0.29) is 45.6 Å². The van der Waals surface area contributed by atoms with Crippen LogP contribution in [0.4, 0.5) is 18.9 Å². The molecule has 1 saturated carbocycles. The van der Waals surface area contributed by atoms with Gasteiger partial charge < -0.3 is 9.64 Å². The van der Waals surface area contributed by atoms with Crippen molar-refractivity contribution in [1.29, 1.82) is 0 Å². The predicted molar refractivity (Wildman–Crippen MR) is 170 cm³/mol. The van der Waals surface area contributed by atoms with Crippen molar-refractivity contribution in [3.8, 4) is 11.4 Å². The summed E-state index contributed by atoms with van der Waals surface area (Å²) in [6.07, 6.45) is -0.206. The van der Waals surface area contributed by atoms with E-state index in [1.807, 2.05) is 4.90 Å². The lowest BCUT2D eigenvalue weighted by molar-refractivity contribution is -0.137. The van der Waals surface area contributed by atoms with Gasteiger partial charge in [0.25, 0.3) is 10.0 Å². The minimum Gasteiger partial charge on any atom is -0.486 e. The van der Waals surface area contributed by atoms with E-state index in [4.69, 9.17) is 27.9 Å². The zero-order valence-corrected chi connectivity index (χ0v) is 27.6. The second kappa shape index (κ2) is 12.5. The third-order valence-electron chi connectivity index (χ3n) is 8.03. The molecule has 0 N–H and O–H groups in total. The van der Waals surface area contributed by atoms with Crippen molar-refractivity contribution < 1.29 is 26.3 Å². The maximum absolute atomic E-state index is 13.6. The summed E-state index contributed by atoms with van der Waals surface area (Å²) in [4.78, 5) is 20.0. The van der Waals surface area contributed by atoms with Gasteiger partial charge in [0.2, 0.25) is 5.75 Å². The number of hydrogen-bond acceptors (Lipinski definition) is 8. The topological polar surface area (TPSA) is 97.6 Å². The van der Waals surface area contributed by atoms with Crippen molar-refractivity contribution in [1.82, 2.24) is 19.1 Å². The van der Waals surface area contributed by atoms with Gasteiger partial charge in [-0.05, 0) is 49.2 Å². The molecule has 1 aromatic carbocycles. The minimum atomic E-state index is -4.57. The normalized spacial score (nSPS) is 16.9. The van der Waals surface area contributed by atoms with Crippen LogP contribution >= 0.6 is 34.5 Å². The summed E-state index contributed by atoms with van der Waals surface area (Å²) in [5, 5.41) is 4.70. The Bertz CT molecular complexity index is 1940. The van der Waals surface area contributed by atoms with E-state index in [0.29, 0.717) is 47.2 Å². The molecule has 1 aliphatic carbocycles. The Kier molecular flexibility index (Phi) is 8.87. The van der Waals surface area contributed by atoms with Gasteiger partial charge in [-0.15, -0.1) is 11.3 Å². The van der Waals surface area contributed by atoms with Crippen LogP contribution in [0.3, 0.4) is 0 Å². The van der Waals surface area contributed by atoms with Gasteiger partial charge in [-0.3, -0.25) is 9.78 Å². The summed E-state index contributed by atoms with van der Waals surface area (Å²) in [5.41, 5.74) is -0.183. The highest BCUT2D eigenvalue weighted by Crippen LogP contribution is 2.45. The van der Waals surface area contributed by atoms with E-state index in [0.717, 1.165) is 30.2 Å². The molecule has 0 amide bonds. The molecular formula is C30H28Cl2F3N5O4S2. The van der Waals surface area contributed by atoms with E-state index < -0.39 is 27.3 Å². The van der Waals surface area contributed by atoms with Crippen molar-refractivity contribution in [3.63, 3.8) is 0 Å². The van der Waals surface area contributed by atoms with Gasteiger partial charge in [0.1, 0.15) is 9.90 Å². The van der Waals surface area contributed by atoms with Crippen LogP contribution in [0.25, 0.3) is 5.69 Å². The molecule has 16 heteroatoms. The number of piperazine rings is 1. The summed E-state index contributed by atoms with van der Waals surface area (Å²) in [7, 11) is -3.86. The Morgan fingerprint density at radius 3 is 2.43 bits per heavy atom.